The molecule has 4 N–H and O–H groups in total. The van der Waals surface area contributed by atoms with E-state index in [1.807, 2.05) is 93.6 Å². The van der Waals surface area contributed by atoms with Crippen molar-refractivity contribution in [1.82, 2.24) is 30.6 Å². The van der Waals surface area contributed by atoms with Crippen molar-refractivity contribution in [3.8, 4) is 22.8 Å². The number of benzene rings is 3. The molecule has 7 rings (SSSR count). The minimum atomic E-state index is -4.16. The molecular formula is C46H54N6O8S. The minimum absolute atomic E-state index is 0.0190. The molecule has 3 aromatic carbocycles. The van der Waals surface area contributed by atoms with E-state index in [1.54, 1.807) is 26.2 Å². The highest BCUT2D eigenvalue weighted by Gasteiger charge is 2.63. The molecule has 1 aliphatic heterocycles. The van der Waals surface area contributed by atoms with Crippen LogP contribution in [0.3, 0.4) is 0 Å². The van der Waals surface area contributed by atoms with Crippen molar-refractivity contribution in [2.45, 2.75) is 88.3 Å². The lowest BCUT2D eigenvalue weighted by atomic mass is 9.85. The Balaban J connectivity index is 1.19. The summed E-state index contributed by atoms with van der Waals surface area (Å²) < 4.78 is 41.1. The Morgan fingerprint density at radius 2 is 1.69 bits per heavy atom. The summed E-state index contributed by atoms with van der Waals surface area (Å²) >= 11 is 0. The Labute approximate surface area is 356 Å². The number of aromatic nitrogens is 1. The number of sulfonamides is 1. The van der Waals surface area contributed by atoms with E-state index in [9.17, 15) is 27.6 Å². The van der Waals surface area contributed by atoms with Crippen molar-refractivity contribution in [1.29, 1.82) is 0 Å². The van der Waals surface area contributed by atoms with Gasteiger partial charge in [0.05, 0.1) is 29.6 Å². The summed E-state index contributed by atoms with van der Waals surface area (Å²) in [4.78, 5) is 62.7. The molecule has 0 spiro atoms. The molecule has 1 aromatic heterocycles. The molecule has 5 amide bonds. The Hall–Kier alpha value is -5.96. The lowest BCUT2D eigenvalue weighted by molar-refractivity contribution is -0.142. The van der Waals surface area contributed by atoms with E-state index in [-0.39, 0.29) is 25.8 Å². The average molecular weight is 851 g/mol. The van der Waals surface area contributed by atoms with Crippen molar-refractivity contribution >= 4 is 44.7 Å². The highest BCUT2D eigenvalue weighted by Crippen LogP contribution is 2.49. The number of likely N-dealkylation sites (tertiary alicyclic amines) is 1. The number of nitrogens with one attached hydrogen (secondary N) is 4. The number of urea groups is 1. The van der Waals surface area contributed by atoms with Crippen LogP contribution < -0.4 is 30.1 Å². The number of rotatable bonds is 15. The zero-order valence-corrected chi connectivity index (χ0v) is 36.0. The third-order valence-corrected chi connectivity index (χ3v) is 14.1. The normalized spacial score (nSPS) is 22.0. The van der Waals surface area contributed by atoms with Gasteiger partial charge in [-0.05, 0) is 55.7 Å². The molecule has 5 atom stereocenters. The molecule has 4 aromatic rings. The predicted molar refractivity (Wildman–Crippen MR) is 232 cm³/mol. The standard InChI is InChI=1S/C46H54N6O8S/c1-7-31-27-46(31,42(55)51-61(57,58)45(21-22-45)26-29-15-11-9-12-16-29)50-40(53)37-24-33(28-52(37)41(54)39(44(3,4)5)49-43(56)47-8-2)60-38-25-35(30-17-13-10-14-18-30)48-36-23-32(59-6)19-20-34(36)38/h7,9-20,23,25,31,33,37,39H,1,8,21-22,24,26-28H2,2-6H3,(H,50,53)(H,51,55)(H2,47,49,56). The van der Waals surface area contributed by atoms with Gasteiger partial charge in [-0.1, -0.05) is 87.5 Å². The highest BCUT2D eigenvalue weighted by atomic mass is 32.2. The molecule has 14 nitrogen and oxygen atoms in total. The van der Waals surface area contributed by atoms with Crippen molar-refractivity contribution in [3.05, 3.63) is 103 Å². The van der Waals surface area contributed by atoms with Crippen LogP contribution in [0.25, 0.3) is 22.2 Å². The first kappa shape index (κ1) is 43.1. The van der Waals surface area contributed by atoms with Gasteiger partial charge in [0.25, 0.3) is 5.91 Å². The molecule has 61 heavy (non-hydrogen) atoms. The van der Waals surface area contributed by atoms with E-state index >= 15 is 0 Å². The Kier molecular flexibility index (Phi) is 11.9. The van der Waals surface area contributed by atoms with E-state index in [1.165, 1.54) is 11.0 Å². The summed E-state index contributed by atoms with van der Waals surface area (Å²) in [5, 5.41) is 9.04. The Bertz CT molecular complexity index is 2440. The van der Waals surface area contributed by atoms with Gasteiger partial charge >= 0.3 is 6.03 Å². The fourth-order valence-electron chi connectivity index (χ4n) is 8.18. The van der Waals surface area contributed by atoms with Gasteiger partial charge in [0.1, 0.15) is 35.2 Å². The van der Waals surface area contributed by atoms with Crippen LogP contribution in [0.5, 0.6) is 11.5 Å². The Morgan fingerprint density at radius 3 is 2.30 bits per heavy atom. The third kappa shape index (κ3) is 8.93. The number of pyridine rings is 1. The molecule has 3 aliphatic rings. The lowest BCUT2D eigenvalue weighted by Crippen LogP contribution is -2.61. The van der Waals surface area contributed by atoms with Gasteiger partial charge in [-0.3, -0.25) is 19.1 Å². The molecular weight excluding hydrogens is 797 g/mol. The van der Waals surface area contributed by atoms with E-state index in [0.29, 0.717) is 47.5 Å². The summed E-state index contributed by atoms with van der Waals surface area (Å²) in [6.07, 6.45) is 1.95. The summed E-state index contributed by atoms with van der Waals surface area (Å²) in [6.45, 7) is 11.3. The van der Waals surface area contributed by atoms with E-state index in [0.717, 1.165) is 11.1 Å². The van der Waals surface area contributed by atoms with Crippen LogP contribution in [-0.2, 0) is 30.8 Å². The predicted octanol–water partition coefficient (Wildman–Crippen LogP) is 5.27. The van der Waals surface area contributed by atoms with Crippen LogP contribution >= 0.6 is 0 Å². The summed E-state index contributed by atoms with van der Waals surface area (Å²) in [5.74, 6) is -1.53. The fourth-order valence-corrected chi connectivity index (χ4v) is 9.81. The summed E-state index contributed by atoms with van der Waals surface area (Å²) in [7, 11) is -2.59. The molecule has 2 heterocycles. The molecule has 2 saturated carbocycles. The maximum atomic E-state index is 14.7. The quantitative estimate of drug-likeness (QED) is 0.116. The zero-order valence-electron chi connectivity index (χ0n) is 35.2. The first-order valence-corrected chi connectivity index (χ1v) is 22.1. The van der Waals surface area contributed by atoms with Crippen LogP contribution in [-0.4, -0.2) is 90.7 Å². The SMILES string of the molecule is C=CC1CC1(NC(=O)C1CC(Oc2cc(-c3ccccc3)nc3cc(OC)ccc23)CN1C(=O)C(NC(=O)NCC)C(C)(C)C)C(=O)NS(=O)(=O)C1(Cc2ccccc2)CC1. The van der Waals surface area contributed by atoms with Gasteiger partial charge in [0, 0.05) is 42.0 Å². The topological polar surface area (TPSA) is 185 Å². The first-order valence-electron chi connectivity index (χ1n) is 20.6. The highest BCUT2D eigenvalue weighted by molar-refractivity contribution is 7.91. The maximum absolute atomic E-state index is 14.7. The largest absolute Gasteiger partial charge is 0.497 e. The van der Waals surface area contributed by atoms with Gasteiger partial charge in [0.15, 0.2) is 0 Å². The molecule has 322 valence electrons. The van der Waals surface area contributed by atoms with Crippen LogP contribution in [0, 0.1) is 11.3 Å². The zero-order chi connectivity index (χ0) is 43.7. The molecule has 2 aliphatic carbocycles. The van der Waals surface area contributed by atoms with Gasteiger partial charge in [0.2, 0.25) is 21.8 Å². The minimum Gasteiger partial charge on any atom is -0.497 e. The fraction of sp³-hybridized carbons (Fsp3) is 0.413. The average Bonchev–Trinajstić information content (AvgIpc) is 4.14. The van der Waals surface area contributed by atoms with Gasteiger partial charge in [-0.15, -0.1) is 6.58 Å². The number of carbonyl (C=O) groups excluding carboxylic acids is 4. The van der Waals surface area contributed by atoms with Crippen molar-refractivity contribution in [3.63, 3.8) is 0 Å². The number of methoxy groups -OCH3 is 1. The second-order valence-electron chi connectivity index (χ2n) is 17.3. The summed E-state index contributed by atoms with van der Waals surface area (Å²) in [5.41, 5.74) is 0.533. The van der Waals surface area contributed by atoms with Crippen molar-refractivity contribution in [2.75, 3.05) is 20.2 Å². The van der Waals surface area contributed by atoms with Crippen LogP contribution in [0.2, 0.25) is 0 Å². The number of hydrogen-bond acceptors (Lipinski definition) is 9. The maximum Gasteiger partial charge on any atom is 0.315 e. The van der Waals surface area contributed by atoms with Gasteiger partial charge < -0.3 is 30.3 Å². The van der Waals surface area contributed by atoms with Crippen LogP contribution in [0.1, 0.15) is 58.9 Å². The van der Waals surface area contributed by atoms with Crippen LogP contribution in [0.4, 0.5) is 4.79 Å². The molecule has 0 radical (unpaired) electrons. The molecule has 1 saturated heterocycles. The molecule has 15 heteroatoms. The third-order valence-electron chi connectivity index (χ3n) is 11.9. The van der Waals surface area contributed by atoms with Crippen LogP contribution in [0.15, 0.2) is 97.6 Å². The smallest absolute Gasteiger partial charge is 0.315 e. The number of hydrogen-bond donors (Lipinski definition) is 4. The number of amides is 5. The van der Waals surface area contributed by atoms with E-state index in [2.05, 4.69) is 27.3 Å². The second kappa shape index (κ2) is 16.8. The second-order valence-corrected chi connectivity index (χ2v) is 19.4. The van der Waals surface area contributed by atoms with Crippen molar-refractivity contribution < 1.29 is 37.1 Å². The molecule has 5 unspecified atom stereocenters. The Morgan fingerprint density at radius 1 is 1.00 bits per heavy atom. The number of carbonyl (C=O) groups is 4. The number of fused-ring (bicyclic) bond motifs is 1. The molecule has 3 fully saturated rings. The lowest BCUT2D eigenvalue weighted by Gasteiger charge is -2.35. The van der Waals surface area contributed by atoms with Gasteiger partial charge in [-0.25, -0.2) is 18.2 Å². The van der Waals surface area contributed by atoms with E-state index in [4.69, 9.17) is 14.5 Å². The van der Waals surface area contributed by atoms with Gasteiger partial charge in [-0.2, -0.15) is 0 Å². The summed E-state index contributed by atoms with van der Waals surface area (Å²) in [6, 6.07) is 23.3. The monoisotopic (exact) mass is 850 g/mol. The number of ether oxygens (including phenoxy) is 2. The first-order chi connectivity index (χ1) is 29.0. The molecule has 0 bridgehead atoms. The van der Waals surface area contributed by atoms with E-state index < -0.39 is 73.6 Å². The number of nitrogens with zero attached hydrogens (tertiary/aromatic N) is 2. The van der Waals surface area contributed by atoms with Crippen molar-refractivity contribution in [2.24, 2.45) is 11.3 Å².